The van der Waals surface area contributed by atoms with Crippen molar-refractivity contribution in [1.29, 1.82) is 0 Å². The quantitative estimate of drug-likeness (QED) is 0.790. The lowest BCUT2D eigenvalue weighted by Crippen LogP contribution is -2.21. The minimum absolute atomic E-state index is 0.00649. The maximum Gasteiger partial charge on any atom is 0.328 e. The fraction of sp³-hybridized carbons (Fsp3) is 0.250. The molecule has 5 heteroatoms. The van der Waals surface area contributed by atoms with Crippen LogP contribution in [-0.2, 0) is 13.6 Å². The summed E-state index contributed by atoms with van der Waals surface area (Å²) in [7, 11) is 1.74. The Bertz CT molecular complexity index is 624. The minimum Gasteiger partial charge on any atom is -0.320 e. The van der Waals surface area contributed by atoms with Gasteiger partial charge in [-0.1, -0.05) is 11.8 Å². The number of aryl methyl sites for hydroxylation is 1. The van der Waals surface area contributed by atoms with Crippen LogP contribution in [0.4, 0.5) is 0 Å². The van der Waals surface area contributed by atoms with Crippen LogP contribution >= 0.6 is 11.3 Å². The van der Waals surface area contributed by atoms with Crippen molar-refractivity contribution in [3.63, 3.8) is 0 Å². The molecular weight excluding hydrogens is 234 g/mol. The SMILES string of the molecule is Cn1ccn(Cc2cc(C#CCN)cs2)c1=O. The standard InChI is InChI=1S/C12H13N3OS/c1-14-5-6-15(12(14)16)8-11-7-10(9-17-11)3-2-4-13/h5-7,9H,4,8,13H2,1H3. The highest BCUT2D eigenvalue weighted by molar-refractivity contribution is 7.10. The Morgan fingerprint density at radius 1 is 1.47 bits per heavy atom. The van der Waals surface area contributed by atoms with Crippen molar-refractivity contribution in [1.82, 2.24) is 9.13 Å². The average Bonchev–Trinajstić information content (AvgIpc) is 2.89. The number of nitrogens with two attached hydrogens (primary N) is 1. The summed E-state index contributed by atoms with van der Waals surface area (Å²) in [6, 6.07) is 1.99. The van der Waals surface area contributed by atoms with Crippen molar-refractivity contribution in [2.45, 2.75) is 6.54 Å². The Balaban J connectivity index is 2.17. The number of nitrogens with zero attached hydrogens (tertiary/aromatic N) is 2. The van der Waals surface area contributed by atoms with Gasteiger partial charge in [-0.25, -0.2) is 4.79 Å². The summed E-state index contributed by atoms with van der Waals surface area (Å²) in [5, 5.41) is 1.98. The maximum absolute atomic E-state index is 11.6. The molecule has 0 saturated heterocycles. The van der Waals surface area contributed by atoms with E-state index in [4.69, 9.17) is 5.73 Å². The Labute approximate surface area is 103 Å². The molecule has 2 aromatic heterocycles. The fourth-order valence-electron chi connectivity index (χ4n) is 1.48. The number of hydrogen-bond donors (Lipinski definition) is 1. The number of imidazole rings is 1. The molecule has 0 aromatic carbocycles. The lowest BCUT2D eigenvalue weighted by atomic mass is 10.3. The van der Waals surface area contributed by atoms with Crippen LogP contribution in [-0.4, -0.2) is 15.7 Å². The zero-order valence-electron chi connectivity index (χ0n) is 9.51. The van der Waals surface area contributed by atoms with Crippen molar-refractivity contribution < 1.29 is 0 Å². The Hall–Kier alpha value is -1.77. The van der Waals surface area contributed by atoms with Crippen LogP contribution in [0.2, 0.25) is 0 Å². The molecule has 4 nitrogen and oxygen atoms in total. The largest absolute Gasteiger partial charge is 0.328 e. The smallest absolute Gasteiger partial charge is 0.320 e. The number of hydrogen-bond acceptors (Lipinski definition) is 3. The topological polar surface area (TPSA) is 52.9 Å². The van der Waals surface area contributed by atoms with Crippen LogP contribution in [0, 0.1) is 11.8 Å². The molecule has 0 amide bonds. The Morgan fingerprint density at radius 2 is 2.29 bits per heavy atom. The summed E-state index contributed by atoms with van der Waals surface area (Å²) in [5.41, 5.74) is 6.26. The van der Waals surface area contributed by atoms with Crippen LogP contribution in [0.1, 0.15) is 10.4 Å². The lowest BCUT2D eigenvalue weighted by Gasteiger charge is -1.96. The van der Waals surface area contributed by atoms with Gasteiger partial charge in [0.15, 0.2) is 0 Å². The van der Waals surface area contributed by atoms with Crippen molar-refractivity contribution in [2.75, 3.05) is 6.54 Å². The van der Waals surface area contributed by atoms with Gasteiger partial charge in [-0.2, -0.15) is 0 Å². The zero-order chi connectivity index (χ0) is 12.3. The van der Waals surface area contributed by atoms with E-state index in [1.807, 2.05) is 11.4 Å². The van der Waals surface area contributed by atoms with Gasteiger partial charge in [0.05, 0.1) is 13.1 Å². The predicted molar refractivity (Wildman–Crippen MR) is 69.0 cm³/mol. The molecule has 0 radical (unpaired) electrons. The van der Waals surface area contributed by atoms with Gasteiger partial charge in [-0.15, -0.1) is 11.3 Å². The molecule has 2 N–H and O–H groups in total. The summed E-state index contributed by atoms with van der Waals surface area (Å²) in [6.45, 7) is 0.956. The highest BCUT2D eigenvalue weighted by atomic mass is 32.1. The summed E-state index contributed by atoms with van der Waals surface area (Å²) >= 11 is 1.60. The van der Waals surface area contributed by atoms with E-state index in [2.05, 4.69) is 11.8 Å². The molecule has 2 rings (SSSR count). The van der Waals surface area contributed by atoms with Gasteiger partial charge < -0.3 is 10.3 Å². The van der Waals surface area contributed by atoms with Gasteiger partial charge >= 0.3 is 5.69 Å². The summed E-state index contributed by atoms with van der Waals surface area (Å²) < 4.78 is 3.23. The van der Waals surface area contributed by atoms with E-state index in [1.54, 1.807) is 39.9 Å². The van der Waals surface area contributed by atoms with E-state index in [9.17, 15) is 4.79 Å². The molecule has 0 spiro atoms. The first-order chi connectivity index (χ1) is 8.20. The summed E-state index contributed by atoms with van der Waals surface area (Å²) in [4.78, 5) is 12.7. The Morgan fingerprint density at radius 3 is 2.94 bits per heavy atom. The molecular formula is C12H13N3OS. The summed E-state index contributed by atoms with van der Waals surface area (Å²) in [5.74, 6) is 5.78. The van der Waals surface area contributed by atoms with E-state index < -0.39 is 0 Å². The molecule has 17 heavy (non-hydrogen) atoms. The maximum atomic E-state index is 11.6. The van der Waals surface area contributed by atoms with Crippen LogP contribution in [0.15, 0.2) is 28.6 Å². The summed E-state index contributed by atoms with van der Waals surface area (Å²) in [6.07, 6.45) is 3.54. The molecule has 0 atom stereocenters. The molecule has 0 unspecified atom stereocenters. The molecule has 0 bridgehead atoms. The molecule has 0 aliphatic heterocycles. The van der Waals surface area contributed by atoms with Crippen molar-refractivity contribution in [2.24, 2.45) is 12.8 Å². The first-order valence-electron chi connectivity index (χ1n) is 5.19. The minimum atomic E-state index is -0.00649. The molecule has 88 valence electrons. The van der Waals surface area contributed by atoms with Gasteiger partial charge in [-0.3, -0.25) is 4.57 Å². The second kappa shape index (κ2) is 5.04. The third kappa shape index (κ3) is 2.67. The second-order valence-corrected chi connectivity index (χ2v) is 4.62. The first-order valence-corrected chi connectivity index (χ1v) is 6.07. The molecule has 0 aliphatic carbocycles. The van der Waals surface area contributed by atoms with Gasteiger partial charge in [0.1, 0.15) is 0 Å². The highest BCUT2D eigenvalue weighted by Crippen LogP contribution is 2.14. The van der Waals surface area contributed by atoms with Gasteiger partial charge in [-0.05, 0) is 6.07 Å². The van der Waals surface area contributed by atoms with Crippen LogP contribution in [0.5, 0.6) is 0 Å². The van der Waals surface area contributed by atoms with Crippen LogP contribution in [0.3, 0.4) is 0 Å². The van der Waals surface area contributed by atoms with Crippen LogP contribution in [0.25, 0.3) is 0 Å². The Kier molecular flexibility index (Phi) is 3.47. The van der Waals surface area contributed by atoms with Crippen molar-refractivity contribution >= 4 is 11.3 Å². The normalized spacial score (nSPS) is 10.0. The molecule has 0 fully saturated rings. The van der Waals surface area contributed by atoms with E-state index in [0.29, 0.717) is 13.1 Å². The van der Waals surface area contributed by atoms with Gasteiger partial charge in [0.25, 0.3) is 0 Å². The molecule has 0 saturated carbocycles. The predicted octanol–water partition coefficient (Wildman–Crippen LogP) is 0.607. The van der Waals surface area contributed by atoms with Gasteiger partial charge in [0, 0.05) is 35.3 Å². The van der Waals surface area contributed by atoms with Crippen molar-refractivity contribution in [3.8, 4) is 11.8 Å². The molecule has 2 aromatic rings. The fourth-order valence-corrected chi connectivity index (χ4v) is 2.29. The lowest BCUT2D eigenvalue weighted by molar-refractivity contribution is 0.724. The zero-order valence-corrected chi connectivity index (χ0v) is 10.3. The first kappa shape index (κ1) is 11.7. The second-order valence-electron chi connectivity index (χ2n) is 3.63. The number of rotatable bonds is 2. The monoisotopic (exact) mass is 247 g/mol. The number of thiophene rings is 1. The average molecular weight is 247 g/mol. The third-order valence-electron chi connectivity index (χ3n) is 2.33. The van der Waals surface area contributed by atoms with E-state index in [1.165, 1.54) is 0 Å². The van der Waals surface area contributed by atoms with E-state index in [-0.39, 0.29) is 5.69 Å². The number of aromatic nitrogens is 2. The van der Waals surface area contributed by atoms with Crippen LogP contribution < -0.4 is 11.4 Å². The molecule has 0 aliphatic rings. The van der Waals surface area contributed by atoms with E-state index >= 15 is 0 Å². The van der Waals surface area contributed by atoms with Gasteiger partial charge in [0.2, 0.25) is 0 Å². The molecule has 2 heterocycles. The van der Waals surface area contributed by atoms with E-state index in [0.717, 1.165) is 10.4 Å². The van der Waals surface area contributed by atoms with Crippen molar-refractivity contribution in [3.05, 3.63) is 44.8 Å². The third-order valence-corrected chi connectivity index (χ3v) is 3.25. The highest BCUT2D eigenvalue weighted by Gasteiger charge is 2.03.